The standard InChI is InChI=1S/C16H17NO3S/c1-16(2,3)20-15(19)8-14(18)12-6-4-5-11(7-12)13-9-21-10-17-13/h4-7,9-10H,8H2,1-3H3. The fraction of sp³-hybridized carbons (Fsp3) is 0.312. The smallest absolute Gasteiger partial charge is 0.314 e. The van der Waals surface area contributed by atoms with Crippen LogP contribution in [0.4, 0.5) is 0 Å². The number of benzene rings is 1. The third-order valence-electron chi connectivity index (χ3n) is 2.64. The van der Waals surface area contributed by atoms with Gasteiger partial charge in [-0.05, 0) is 26.8 Å². The van der Waals surface area contributed by atoms with Crippen LogP contribution in [0.3, 0.4) is 0 Å². The molecule has 4 nitrogen and oxygen atoms in total. The Balaban J connectivity index is 2.10. The van der Waals surface area contributed by atoms with E-state index < -0.39 is 11.6 Å². The summed E-state index contributed by atoms with van der Waals surface area (Å²) in [6.45, 7) is 5.33. The van der Waals surface area contributed by atoms with Gasteiger partial charge in [0.1, 0.15) is 12.0 Å². The summed E-state index contributed by atoms with van der Waals surface area (Å²) in [5, 5.41) is 1.91. The Kier molecular flexibility index (Phi) is 4.53. The van der Waals surface area contributed by atoms with E-state index >= 15 is 0 Å². The average Bonchev–Trinajstić information content (AvgIpc) is 2.90. The number of carbonyl (C=O) groups excluding carboxylic acids is 2. The van der Waals surface area contributed by atoms with E-state index in [4.69, 9.17) is 4.74 Å². The number of esters is 1. The van der Waals surface area contributed by atoms with E-state index in [1.165, 1.54) is 11.3 Å². The second-order valence-electron chi connectivity index (χ2n) is 5.64. The molecule has 0 amide bonds. The zero-order chi connectivity index (χ0) is 15.5. The van der Waals surface area contributed by atoms with Gasteiger partial charge in [0.2, 0.25) is 0 Å². The molecule has 2 aromatic rings. The molecule has 5 heteroatoms. The van der Waals surface area contributed by atoms with Gasteiger partial charge in [0.25, 0.3) is 0 Å². The monoisotopic (exact) mass is 303 g/mol. The molecule has 1 aromatic heterocycles. The van der Waals surface area contributed by atoms with Gasteiger partial charge in [0, 0.05) is 16.5 Å². The van der Waals surface area contributed by atoms with Crippen LogP contribution < -0.4 is 0 Å². The van der Waals surface area contributed by atoms with Crippen molar-refractivity contribution in [1.82, 2.24) is 4.98 Å². The maximum atomic E-state index is 12.1. The zero-order valence-corrected chi connectivity index (χ0v) is 13.1. The molecule has 0 N–H and O–H groups in total. The van der Waals surface area contributed by atoms with Crippen molar-refractivity contribution in [3.8, 4) is 11.3 Å². The van der Waals surface area contributed by atoms with E-state index in [0.29, 0.717) is 5.56 Å². The lowest BCUT2D eigenvalue weighted by molar-refractivity contribution is -0.153. The first-order valence-electron chi connectivity index (χ1n) is 6.59. The molecule has 0 fully saturated rings. The van der Waals surface area contributed by atoms with Crippen LogP contribution in [0.2, 0.25) is 0 Å². The highest BCUT2D eigenvalue weighted by molar-refractivity contribution is 7.07. The predicted octanol–water partition coefficient (Wildman–Crippen LogP) is 3.72. The summed E-state index contributed by atoms with van der Waals surface area (Å²) in [6.07, 6.45) is -0.252. The van der Waals surface area contributed by atoms with Gasteiger partial charge in [-0.3, -0.25) is 9.59 Å². The zero-order valence-electron chi connectivity index (χ0n) is 12.3. The summed E-state index contributed by atoms with van der Waals surface area (Å²) in [5.41, 5.74) is 3.34. The Hall–Kier alpha value is -2.01. The van der Waals surface area contributed by atoms with Crippen molar-refractivity contribution in [3.05, 3.63) is 40.7 Å². The Morgan fingerprint density at radius 1 is 1.29 bits per heavy atom. The molecule has 0 saturated carbocycles. The van der Waals surface area contributed by atoms with E-state index in [0.717, 1.165) is 11.3 Å². The number of hydrogen-bond acceptors (Lipinski definition) is 5. The fourth-order valence-corrected chi connectivity index (χ4v) is 2.38. The molecular weight excluding hydrogens is 286 g/mol. The highest BCUT2D eigenvalue weighted by atomic mass is 32.1. The fourth-order valence-electron chi connectivity index (χ4n) is 1.82. The summed E-state index contributed by atoms with van der Waals surface area (Å²) in [5.74, 6) is -0.757. The summed E-state index contributed by atoms with van der Waals surface area (Å²) >= 11 is 1.50. The molecule has 2 rings (SSSR count). The number of aromatic nitrogens is 1. The van der Waals surface area contributed by atoms with Gasteiger partial charge in [-0.2, -0.15) is 0 Å². The number of ether oxygens (including phenoxy) is 1. The molecule has 0 aliphatic carbocycles. The van der Waals surface area contributed by atoms with Crippen molar-refractivity contribution in [3.63, 3.8) is 0 Å². The maximum Gasteiger partial charge on any atom is 0.314 e. The van der Waals surface area contributed by atoms with Crippen LogP contribution >= 0.6 is 11.3 Å². The van der Waals surface area contributed by atoms with Crippen molar-refractivity contribution < 1.29 is 14.3 Å². The predicted molar refractivity (Wildman–Crippen MR) is 82.3 cm³/mol. The van der Waals surface area contributed by atoms with Crippen molar-refractivity contribution in [2.24, 2.45) is 0 Å². The molecular formula is C16H17NO3S. The third kappa shape index (κ3) is 4.49. The number of nitrogens with zero attached hydrogens (tertiary/aromatic N) is 1. The van der Waals surface area contributed by atoms with Crippen LogP contribution in [0.5, 0.6) is 0 Å². The Morgan fingerprint density at radius 3 is 2.67 bits per heavy atom. The molecule has 0 bridgehead atoms. The number of hydrogen-bond donors (Lipinski definition) is 0. The molecule has 0 spiro atoms. The topological polar surface area (TPSA) is 56.3 Å². The second-order valence-corrected chi connectivity index (χ2v) is 6.36. The van der Waals surface area contributed by atoms with Gasteiger partial charge in [0.15, 0.2) is 5.78 Å². The summed E-state index contributed by atoms with van der Waals surface area (Å²) in [7, 11) is 0. The molecule has 0 unspecified atom stereocenters. The third-order valence-corrected chi connectivity index (χ3v) is 3.22. The van der Waals surface area contributed by atoms with Crippen molar-refractivity contribution in [2.75, 3.05) is 0 Å². The molecule has 0 saturated heterocycles. The van der Waals surface area contributed by atoms with Crippen LogP contribution in [0.25, 0.3) is 11.3 Å². The Labute approximate surface area is 127 Å². The van der Waals surface area contributed by atoms with E-state index in [1.807, 2.05) is 11.4 Å². The largest absolute Gasteiger partial charge is 0.460 e. The van der Waals surface area contributed by atoms with E-state index in [9.17, 15) is 9.59 Å². The van der Waals surface area contributed by atoms with Crippen molar-refractivity contribution in [2.45, 2.75) is 32.8 Å². The van der Waals surface area contributed by atoms with Crippen LogP contribution in [-0.2, 0) is 9.53 Å². The second kappa shape index (κ2) is 6.18. The maximum absolute atomic E-state index is 12.1. The molecule has 0 radical (unpaired) electrons. The Morgan fingerprint density at radius 2 is 2.05 bits per heavy atom. The van der Waals surface area contributed by atoms with E-state index in [1.54, 1.807) is 44.5 Å². The number of Topliss-reactive ketones (excluding diaryl/α,β-unsaturated/α-hetero) is 1. The average molecular weight is 303 g/mol. The molecule has 0 atom stereocenters. The van der Waals surface area contributed by atoms with E-state index in [2.05, 4.69) is 4.98 Å². The summed E-state index contributed by atoms with van der Waals surface area (Å²) < 4.78 is 5.16. The molecule has 0 aliphatic heterocycles. The molecule has 21 heavy (non-hydrogen) atoms. The van der Waals surface area contributed by atoms with Gasteiger partial charge in [-0.15, -0.1) is 11.3 Å². The number of rotatable bonds is 4. The van der Waals surface area contributed by atoms with Gasteiger partial charge in [-0.25, -0.2) is 4.98 Å². The number of ketones is 1. The van der Waals surface area contributed by atoms with Crippen LogP contribution in [-0.4, -0.2) is 22.3 Å². The van der Waals surface area contributed by atoms with Crippen LogP contribution in [0.15, 0.2) is 35.2 Å². The normalized spacial score (nSPS) is 11.2. The minimum absolute atomic E-state index is 0.249. The van der Waals surface area contributed by atoms with Crippen LogP contribution in [0.1, 0.15) is 37.6 Å². The molecule has 110 valence electrons. The minimum atomic E-state index is -0.584. The molecule has 1 heterocycles. The Bertz CT molecular complexity index is 642. The highest BCUT2D eigenvalue weighted by Crippen LogP contribution is 2.21. The first-order valence-corrected chi connectivity index (χ1v) is 7.53. The lowest BCUT2D eigenvalue weighted by atomic mass is 10.0. The SMILES string of the molecule is CC(C)(C)OC(=O)CC(=O)c1cccc(-c2cscn2)c1. The lowest BCUT2D eigenvalue weighted by Gasteiger charge is -2.19. The first-order chi connectivity index (χ1) is 9.85. The molecule has 1 aromatic carbocycles. The van der Waals surface area contributed by atoms with Gasteiger partial charge in [-0.1, -0.05) is 18.2 Å². The lowest BCUT2D eigenvalue weighted by Crippen LogP contribution is -2.25. The van der Waals surface area contributed by atoms with Gasteiger partial charge < -0.3 is 4.74 Å². The summed E-state index contributed by atoms with van der Waals surface area (Å²) in [4.78, 5) is 28.1. The first kappa shape index (κ1) is 15.4. The molecule has 0 aliphatic rings. The van der Waals surface area contributed by atoms with Crippen molar-refractivity contribution in [1.29, 1.82) is 0 Å². The summed E-state index contributed by atoms with van der Waals surface area (Å²) in [6, 6.07) is 7.13. The van der Waals surface area contributed by atoms with Crippen molar-refractivity contribution >= 4 is 23.1 Å². The minimum Gasteiger partial charge on any atom is -0.460 e. The highest BCUT2D eigenvalue weighted by Gasteiger charge is 2.20. The van der Waals surface area contributed by atoms with E-state index in [-0.39, 0.29) is 12.2 Å². The van der Waals surface area contributed by atoms with Gasteiger partial charge >= 0.3 is 5.97 Å². The van der Waals surface area contributed by atoms with Crippen LogP contribution in [0, 0.1) is 0 Å². The van der Waals surface area contributed by atoms with Gasteiger partial charge in [0.05, 0.1) is 11.2 Å². The number of carbonyl (C=O) groups is 2. The number of thiazole rings is 1. The quantitative estimate of drug-likeness (QED) is 0.490.